The first-order valence-corrected chi connectivity index (χ1v) is 7.13. The summed E-state index contributed by atoms with van der Waals surface area (Å²) in [5, 5.41) is 21.6. The van der Waals surface area contributed by atoms with Gasteiger partial charge in [-0.1, -0.05) is 35.3 Å². The minimum Gasteiger partial charge on any atom is -0.478 e. The number of nitrogens with zero attached hydrogens (tertiary/aromatic N) is 1. The molecule has 0 fully saturated rings. The molecule has 6 nitrogen and oxygen atoms in total. The number of halogens is 2. The van der Waals surface area contributed by atoms with Crippen molar-refractivity contribution in [3.8, 4) is 0 Å². The average Bonchev–Trinajstić information content (AvgIpc) is 2.39. The maximum Gasteiger partial charge on any atom is 0.414 e. The van der Waals surface area contributed by atoms with E-state index in [1.807, 2.05) is 0 Å². The van der Waals surface area contributed by atoms with Crippen LogP contribution in [0.2, 0.25) is 10.0 Å². The summed E-state index contributed by atoms with van der Waals surface area (Å²) < 4.78 is 0. The minimum absolute atomic E-state index is 0.0802. The van der Waals surface area contributed by atoms with Crippen LogP contribution in [0.25, 0.3) is 0 Å². The number of benzene rings is 1. The summed E-state index contributed by atoms with van der Waals surface area (Å²) in [5.41, 5.74) is 0.327. The van der Waals surface area contributed by atoms with Crippen molar-refractivity contribution in [3.63, 3.8) is 0 Å². The predicted octanol–water partition coefficient (Wildman–Crippen LogP) is 3.26. The van der Waals surface area contributed by atoms with Gasteiger partial charge in [-0.15, -0.1) is 0 Å². The predicted molar refractivity (Wildman–Crippen MR) is 85.1 cm³/mol. The fraction of sp³-hybridized carbons (Fsp3) is 0.154. The van der Waals surface area contributed by atoms with Gasteiger partial charge in [0, 0.05) is 11.3 Å². The third kappa shape index (κ3) is 2.75. The van der Waals surface area contributed by atoms with Gasteiger partial charge in [-0.25, -0.2) is 14.5 Å². The quantitative estimate of drug-likeness (QED) is 0.701. The Kier molecular flexibility index (Phi) is 4.60. The van der Waals surface area contributed by atoms with Crippen LogP contribution < -0.4 is 5.32 Å². The van der Waals surface area contributed by atoms with Crippen LogP contribution in [0.15, 0.2) is 29.5 Å². The molecule has 1 aromatic carbocycles. The van der Waals surface area contributed by atoms with Gasteiger partial charge in [0.15, 0.2) is 5.11 Å². The summed E-state index contributed by atoms with van der Waals surface area (Å²) >= 11 is 17.1. The molecule has 1 aromatic rings. The van der Waals surface area contributed by atoms with E-state index < -0.39 is 18.1 Å². The molecule has 2 rings (SSSR count). The van der Waals surface area contributed by atoms with Crippen LogP contribution >= 0.6 is 35.4 Å². The van der Waals surface area contributed by atoms with E-state index in [1.54, 1.807) is 6.07 Å². The van der Waals surface area contributed by atoms with Crippen LogP contribution in [0.4, 0.5) is 4.79 Å². The van der Waals surface area contributed by atoms with E-state index >= 15 is 0 Å². The van der Waals surface area contributed by atoms with Crippen LogP contribution in [0, 0.1) is 0 Å². The number of hydrogen-bond acceptors (Lipinski definition) is 3. The lowest BCUT2D eigenvalue weighted by atomic mass is 9.94. The number of nitrogens with one attached hydrogen (secondary N) is 1. The van der Waals surface area contributed by atoms with E-state index in [1.165, 1.54) is 19.1 Å². The number of aliphatic carboxylic acids is 1. The lowest BCUT2D eigenvalue weighted by molar-refractivity contribution is -0.133. The first-order chi connectivity index (χ1) is 10.3. The maximum atomic E-state index is 11.6. The minimum atomic E-state index is -1.40. The Bertz CT molecular complexity index is 720. The van der Waals surface area contributed by atoms with Gasteiger partial charge in [-0.2, -0.15) is 0 Å². The largest absolute Gasteiger partial charge is 0.478 e. The van der Waals surface area contributed by atoms with Gasteiger partial charge in [0.1, 0.15) is 6.04 Å². The molecule has 9 heteroatoms. The molecular weight excluding hydrogens is 351 g/mol. The molecule has 22 heavy (non-hydrogen) atoms. The molecule has 1 atom stereocenters. The monoisotopic (exact) mass is 360 g/mol. The average molecular weight is 361 g/mol. The van der Waals surface area contributed by atoms with Crippen molar-refractivity contribution in [2.75, 3.05) is 0 Å². The third-order valence-electron chi connectivity index (χ3n) is 3.16. The van der Waals surface area contributed by atoms with Gasteiger partial charge in [0.25, 0.3) is 0 Å². The number of carboxylic acid groups (broad SMARTS) is 2. The van der Waals surface area contributed by atoms with Crippen LogP contribution in [-0.4, -0.2) is 32.3 Å². The topological polar surface area (TPSA) is 89.9 Å². The highest BCUT2D eigenvalue weighted by atomic mass is 35.5. The number of carboxylic acids is 1. The Labute approximate surface area is 140 Å². The first-order valence-electron chi connectivity index (χ1n) is 5.96. The zero-order chi connectivity index (χ0) is 16.6. The van der Waals surface area contributed by atoms with Gasteiger partial charge >= 0.3 is 12.1 Å². The summed E-state index contributed by atoms with van der Waals surface area (Å²) in [6, 6.07) is 3.41. The summed E-state index contributed by atoms with van der Waals surface area (Å²) in [4.78, 5) is 23.8. The Morgan fingerprint density at radius 1 is 1.32 bits per heavy atom. The Hall–Kier alpha value is -1.83. The Morgan fingerprint density at radius 2 is 1.95 bits per heavy atom. The SMILES string of the molecule is CC1=C(C(=O)O)C(c2cccc(Cl)c2Cl)N(C(=O)O)C(=S)N1. The zero-order valence-corrected chi connectivity index (χ0v) is 13.5. The molecule has 0 saturated heterocycles. The van der Waals surface area contributed by atoms with Crippen LogP contribution in [0.3, 0.4) is 0 Å². The Morgan fingerprint density at radius 3 is 2.50 bits per heavy atom. The molecular formula is C13H10Cl2N2O4S. The molecule has 1 aliphatic rings. The van der Waals surface area contributed by atoms with E-state index in [-0.39, 0.29) is 32.0 Å². The van der Waals surface area contributed by atoms with Gasteiger partial charge in [0.05, 0.1) is 15.6 Å². The van der Waals surface area contributed by atoms with Crippen molar-refractivity contribution < 1.29 is 19.8 Å². The number of thiocarbonyl (C=S) groups is 1. The molecule has 1 aliphatic heterocycles. The second-order valence-corrected chi connectivity index (χ2v) is 5.64. The van der Waals surface area contributed by atoms with Crippen molar-refractivity contribution in [2.45, 2.75) is 13.0 Å². The van der Waals surface area contributed by atoms with E-state index in [0.29, 0.717) is 0 Å². The molecule has 1 unspecified atom stereocenters. The van der Waals surface area contributed by atoms with Gasteiger partial charge < -0.3 is 15.5 Å². The van der Waals surface area contributed by atoms with E-state index in [4.69, 9.17) is 35.4 Å². The molecule has 1 heterocycles. The van der Waals surface area contributed by atoms with Crippen molar-refractivity contribution in [2.24, 2.45) is 0 Å². The molecule has 0 spiro atoms. The highest BCUT2D eigenvalue weighted by Crippen LogP contribution is 2.39. The standard InChI is InChI=1S/C13H10Cl2N2O4S/c1-5-8(11(18)19)10(17(13(20)21)12(22)16-5)6-3-2-4-7(14)9(6)15/h2-4,10H,1H3,(H,16,22)(H,18,19)(H,20,21). The smallest absolute Gasteiger partial charge is 0.414 e. The van der Waals surface area contributed by atoms with Crippen LogP contribution in [0.5, 0.6) is 0 Å². The van der Waals surface area contributed by atoms with Crippen molar-refractivity contribution in [1.82, 2.24) is 10.2 Å². The molecule has 0 bridgehead atoms. The van der Waals surface area contributed by atoms with Crippen LogP contribution in [-0.2, 0) is 4.79 Å². The van der Waals surface area contributed by atoms with Gasteiger partial charge in [-0.05, 0) is 25.2 Å². The molecule has 0 saturated carbocycles. The fourth-order valence-electron chi connectivity index (χ4n) is 2.24. The Balaban J connectivity index is 2.75. The number of allylic oxidation sites excluding steroid dienone is 1. The highest BCUT2D eigenvalue weighted by Gasteiger charge is 2.40. The van der Waals surface area contributed by atoms with Gasteiger partial charge in [-0.3, -0.25) is 0 Å². The molecule has 3 N–H and O–H groups in total. The third-order valence-corrected chi connectivity index (χ3v) is 4.29. The normalized spacial score (nSPS) is 18.2. The second kappa shape index (κ2) is 6.12. The van der Waals surface area contributed by atoms with Gasteiger partial charge in [0.2, 0.25) is 0 Å². The maximum absolute atomic E-state index is 11.6. The number of rotatable bonds is 2. The van der Waals surface area contributed by atoms with Crippen molar-refractivity contribution >= 4 is 52.6 Å². The fourth-order valence-corrected chi connectivity index (χ4v) is 2.99. The van der Waals surface area contributed by atoms with E-state index in [2.05, 4.69) is 5.32 Å². The second-order valence-electron chi connectivity index (χ2n) is 4.47. The number of hydrogen-bond donors (Lipinski definition) is 3. The molecule has 0 aromatic heterocycles. The zero-order valence-electron chi connectivity index (χ0n) is 11.1. The summed E-state index contributed by atoms with van der Waals surface area (Å²) in [6.07, 6.45) is -1.40. The molecule has 1 amide bonds. The highest BCUT2D eigenvalue weighted by molar-refractivity contribution is 7.80. The summed E-state index contributed by atoms with van der Waals surface area (Å²) in [7, 11) is 0. The molecule has 0 aliphatic carbocycles. The molecule has 0 radical (unpaired) electrons. The lowest BCUT2D eigenvalue weighted by Crippen LogP contribution is -2.50. The lowest BCUT2D eigenvalue weighted by Gasteiger charge is -2.36. The molecule has 116 valence electrons. The van der Waals surface area contributed by atoms with Crippen molar-refractivity contribution in [3.05, 3.63) is 45.1 Å². The summed E-state index contributed by atoms with van der Waals surface area (Å²) in [6.45, 7) is 1.50. The van der Waals surface area contributed by atoms with Crippen LogP contribution in [0.1, 0.15) is 18.5 Å². The van der Waals surface area contributed by atoms with E-state index in [9.17, 15) is 19.8 Å². The number of amides is 1. The van der Waals surface area contributed by atoms with E-state index in [0.717, 1.165) is 4.90 Å². The number of carbonyl (C=O) groups is 2. The summed E-state index contributed by atoms with van der Waals surface area (Å²) in [5.74, 6) is -1.28. The van der Waals surface area contributed by atoms with Crippen molar-refractivity contribution in [1.29, 1.82) is 0 Å². The first kappa shape index (κ1) is 16.5.